The molecule has 0 unspecified atom stereocenters. The van der Waals surface area contributed by atoms with E-state index in [1.807, 2.05) is 18.2 Å². The summed E-state index contributed by atoms with van der Waals surface area (Å²) in [7, 11) is 0. The van der Waals surface area contributed by atoms with Crippen molar-refractivity contribution < 1.29 is 4.74 Å². The Labute approximate surface area is 140 Å². The number of hydrogen-bond donors (Lipinski definition) is 0. The third kappa shape index (κ3) is 4.47. The molecular formula is C15H19Br3O. The smallest absolute Gasteiger partial charge is 0.133 e. The van der Waals surface area contributed by atoms with Crippen molar-refractivity contribution >= 4 is 47.8 Å². The molecule has 1 saturated carbocycles. The fraction of sp³-hybridized carbons (Fsp3) is 0.600. The lowest BCUT2D eigenvalue weighted by molar-refractivity contribution is 0.148. The second-order valence-corrected chi connectivity index (χ2v) is 7.74. The maximum Gasteiger partial charge on any atom is 0.133 e. The molecule has 1 aliphatic carbocycles. The van der Waals surface area contributed by atoms with Gasteiger partial charge in [-0.05, 0) is 47.0 Å². The van der Waals surface area contributed by atoms with E-state index in [0.29, 0.717) is 5.41 Å². The Hall–Kier alpha value is 0.460. The summed E-state index contributed by atoms with van der Waals surface area (Å²) < 4.78 is 8.16. The molecular weight excluding hydrogens is 436 g/mol. The number of hydrogen-bond acceptors (Lipinski definition) is 1. The fourth-order valence-corrected chi connectivity index (χ4v) is 4.50. The molecule has 2 rings (SSSR count). The van der Waals surface area contributed by atoms with Gasteiger partial charge in [0.2, 0.25) is 0 Å². The molecule has 1 aliphatic rings. The van der Waals surface area contributed by atoms with Crippen LogP contribution in [0.3, 0.4) is 0 Å². The third-order valence-corrected chi connectivity index (χ3v) is 6.18. The van der Waals surface area contributed by atoms with Crippen molar-refractivity contribution in [1.82, 2.24) is 0 Å². The van der Waals surface area contributed by atoms with Gasteiger partial charge >= 0.3 is 0 Å². The van der Waals surface area contributed by atoms with Crippen LogP contribution in [0.5, 0.6) is 5.75 Å². The van der Waals surface area contributed by atoms with E-state index in [2.05, 4.69) is 47.8 Å². The van der Waals surface area contributed by atoms with Crippen LogP contribution in [-0.4, -0.2) is 11.9 Å². The highest BCUT2D eigenvalue weighted by molar-refractivity contribution is 9.11. The van der Waals surface area contributed by atoms with Crippen molar-refractivity contribution in [2.45, 2.75) is 38.5 Å². The molecule has 1 aromatic rings. The average molecular weight is 455 g/mol. The average Bonchev–Trinajstić information content (AvgIpc) is 2.64. The Morgan fingerprint density at radius 1 is 1.05 bits per heavy atom. The molecule has 0 bridgehead atoms. The van der Waals surface area contributed by atoms with E-state index in [0.717, 1.165) is 26.6 Å². The SMILES string of the molecule is BrCC1(COc2ccc(Br)cc2Br)CCCCCC1. The van der Waals surface area contributed by atoms with Gasteiger partial charge in [-0.1, -0.05) is 57.5 Å². The summed E-state index contributed by atoms with van der Waals surface area (Å²) >= 11 is 10.7. The number of halogens is 3. The van der Waals surface area contributed by atoms with Gasteiger partial charge < -0.3 is 4.74 Å². The standard InChI is InChI=1S/C15H19Br3O/c16-10-15(7-3-1-2-4-8-15)11-19-14-6-5-12(17)9-13(14)18/h5-6,9H,1-4,7-8,10-11H2. The van der Waals surface area contributed by atoms with Gasteiger partial charge in [0.05, 0.1) is 11.1 Å². The van der Waals surface area contributed by atoms with Crippen molar-refractivity contribution in [3.8, 4) is 5.75 Å². The first-order valence-electron chi connectivity index (χ1n) is 6.79. The van der Waals surface area contributed by atoms with E-state index < -0.39 is 0 Å². The predicted octanol–water partition coefficient (Wildman–Crippen LogP) is 6.33. The highest BCUT2D eigenvalue weighted by Crippen LogP contribution is 2.38. The Bertz CT molecular complexity index is 412. The number of benzene rings is 1. The molecule has 0 atom stereocenters. The lowest BCUT2D eigenvalue weighted by Crippen LogP contribution is -2.30. The topological polar surface area (TPSA) is 9.23 Å². The van der Waals surface area contributed by atoms with Crippen LogP contribution in [-0.2, 0) is 0 Å². The monoisotopic (exact) mass is 452 g/mol. The quantitative estimate of drug-likeness (QED) is 0.381. The molecule has 0 spiro atoms. The summed E-state index contributed by atoms with van der Waals surface area (Å²) in [5.41, 5.74) is 0.309. The van der Waals surface area contributed by atoms with Crippen LogP contribution in [0.4, 0.5) is 0 Å². The number of ether oxygens (including phenoxy) is 1. The maximum atomic E-state index is 6.08. The van der Waals surface area contributed by atoms with Crippen molar-refractivity contribution in [1.29, 1.82) is 0 Å². The van der Waals surface area contributed by atoms with Gasteiger partial charge in [-0.2, -0.15) is 0 Å². The van der Waals surface area contributed by atoms with E-state index in [1.165, 1.54) is 38.5 Å². The zero-order valence-electron chi connectivity index (χ0n) is 10.9. The van der Waals surface area contributed by atoms with E-state index in [4.69, 9.17) is 4.74 Å². The Kier molecular flexibility index (Phi) is 6.22. The second-order valence-electron chi connectivity index (χ2n) is 5.41. The van der Waals surface area contributed by atoms with Crippen molar-refractivity contribution in [3.05, 3.63) is 27.1 Å². The van der Waals surface area contributed by atoms with Gasteiger partial charge in [0.1, 0.15) is 5.75 Å². The van der Waals surface area contributed by atoms with Crippen LogP contribution in [0, 0.1) is 5.41 Å². The van der Waals surface area contributed by atoms with Crippen LogP contribution in [0.25, 0.3) is 0 Å². The van der Waals surface area contributed by atoms with E-state index in [9.17, 15) is 0 Å². The largest absolute Gasteiger partial charge is 0.492 e. The summed E-state index contributed by atoms with van der Waals surface area (Å²) in [6, 6.07) is 6.07. The molecule has 0 aliphatic heterocycles. The molecule has 0 N–H and O–H groups in total. The summed E-state index contributed by atoms with van der Waals surface area (Å²) in [6.07, 6.45) is 7.94. The number of rotatable bonds is 4. The predicted molar refractivity (Wildman–Crippen MR) is 91.3 cm³/mol. The first-order chi connectivity index (χ1) is 9.15. The normalized spacial score (nSPS) is 18.9. The van der Waals surface area contributed by atoms with Crippen molar-refractivity contribution in [3.63, 3.8) is 0 Å². The molecule has 1 fully saturated rings. The minimum atomic E-state index is 0.309. The molecule has 0 radical (unpaired) electrons. The fourth-order valence-electron chi connectivity index (χ4n) is 2.62. The van der Waals surface area contributed by atoms with Gasteiger partial charge in [-0.15, -0.1) is 0 Å². The highest BCUT2D eigenvalue weighted by Gasteiger charge is 2.31. The lowest BCUT2D eigenvalue weighted by Gasteiger charge is -2.30. The van der Waals surface area contributed by atoms with Gasteiger partial charge in [-0.3, -0.25) is 0 Å². The zero-order valence-corrected chi connectivity index (χ0v) is 15.7. The van der Waals surface area contributed by atoms with Crippen LogP contribution in [0.2, 0.25) is 0 Å². The Balaban J connectivity index is 2.02. The van der Waals surface area contributed by atoms with Crippen LogP contribution >= 0.6 is 47.8 Å². The molecule has 0 amide bonds. The first-order valence-corrected chi connectivity index (χ1v) is 9.50. The van der Waals surface area contributed by atoms with Crippen molar-refractivity contribution in [2.75, 3.05) is 11.9 Å². The molecule has 1 nitrogen and oxygen atoms in total. The van der Waals surface area contributed by atoms with Crippen molar-refractivity contribution in [2.24, 2.45) is 5.41 Å². The summed E-state index contributed by atoms with van der Waals surface area (Å²) in [5, 5.41) is 1.04. The first kappa shape index (κ1) is 15.8. The summed E-state index contributed by atoms with van der Waals surface area (Å²) in [5.74, 6) is 0.938. The van der Waals surface area contributed by atoms with Crippen LogP contribution < -0.4 is 4.74 Å². The summed E-state index contributed by atoms with van der Waals surface area (Å²) in [4.78, 5) is 0. The molecule has 1 aromatic carbocycles. The molecule has 0 heterocycles. The molecule has 106 valence electrons. The maximum absolute atomic E-state index is 6.08. The molecule has 0 aromatic heterocycles. The highest BCUT2D eigenvalue weighted by atomic mass is 79.9. The minimum Gasteiger partial charge on any atom is -0.492 e. The summed E-state index contributed by atoms with van der Waals surface area (Å²) in [6.45, 7) is 0.804. The lowest BCUT2D eigenvalue weighted by atomic mass is 9.83. The van der Waals surface area contributed by atoms with Gasteiger partial charge in [0.15, 0.2) is 0 Å². The molecule has 4 heteroatoms. The van der Waals surface area contributed by atoms with Gasteiger partial charge in [0, 0.05) is 15.2 Å². The Morgan fingerprint density at radius 3 is 2.32 bits per heavy atom. The third-order valence-electron chi connectivity index (χ3n) is 3.88. The van der Waals surface area contributed by atoms with E-state index in [-0.39, 0.29) is 0 Å². The van der Waals surface area contributed by atoms with Crippen LogP contribution in [0.1, 0.15) is 38.5 Å². The Morgan fingerprint density at radius 2 is 1.74 bits per heavy atom. The molecule has 0 saturated heterocycles. The molecule has 19 heavy (non-hydrogen) atoms. The van der Waals surface area contributed by atoms with Gasteiger partial charge in [-0.25, -0.2) is 0 Å². The van der Waals surface area contributed by atoms with E-state index in [1.54, 1.807) is 0 Å². The second kappa shape index (κ2) is 7.46. The zero-order chi connectivity index (χ0) is 13.7. The van der Waals surface area contributed by atoms with Crippen LogP contribution in [0.15, 0.2) is 27.1 Å². The van der Waals surface area contributed by atoms with Gasteiger partial charge in [0.25, 0.3) is 0 Å². The minimum absolute atomic E-state index is 0.309. The van der Waals surface area contributed by atoms with E-state index >= 15 is 0 Å². The number of alkyl halides is 1.